The third-order valence-corrected chi connectivity index (χ3v) is 3.70. The van der Waals surface area contributed by atoms with Crippen molar-refractivity contribution in [1.82, 2.24) is 5.32 Å². The summed E-state index contributed by atoms with van der Waals surface area (Å²) in [5.41, 5.74) is 0.823. The second-order valence-corrected chi connectivity index (χ2v) is 5.85. The quantitative estimate of drug-likeness (QED) is 0.622. The van der Waals surface area contributed by atoms with Crippen molar-refractivity contribution in [2.45, 2.75) is 25.8 Å². The number of carbonyl (C=O) groups excluding carboxylic acids is 1. The number of hydrogen-bond donors (Lipinski definition) is 1. The van der Waals surface area contributed by atoms with Crippen LogP contribution in [-0.4, -0.2) is 31.0 Å². The Morgan fingerprint density at radius 1 is 1.38 bits per heavy atom. The second kappa shape index (κ2) is 7.63. The highest BCUT2D eigenvalue weighted by molar-refractivity contribution is 6.00. The standard InChI is InChI=1S/C17H21N3O4/c1-12(6-8-14-5-4-10-24-14)18-17(21)15-11-13(20(22)23)7-9-16(15)19(2)3/h4-5,7,9-12H,6,8H2,1-3H3,(H,18,21). The summed E-state index contributed by atoms with van der Waals surface area (Å²) in [5.74, 6) is 0.537. The fourth-order valence-electron chi connectivity index (χ4n) is 2.40. The van der Waals surface area contributed by atoms with Gasteiger partial charge < -0.3 is 14.6 Å². The van der Waals surface area contributed by atoms with Crippen LogP contribution >= 0.6 is 0 Å². The lowest BCUT2D eigenvalue weighted by Gasteiger charge is -2.19. The van der Waals surface area contributed by atoms with Gasteiger partial charge in [-0.15, -0.1) is 0 Å². The van der Waals surface area contributed by atoms with E-state index in [0.29, 0.717) is 24.1 Å². The van der Waals surface area contributed by atoms with Gasteiger partial charge in [-0.25, -0.2) is 0 Å². The molecule has 128 valence electrons. The summed E-state index contributed by atoms with van der Waals surface area (Å²) < 4.78 is 5.27. The highest BCUT2D eigenvalue weighted by Gasteiger charge is 2.19. The van der Waals surface area contributed by atoms with Crippen LogP contribution in [0.1, 0.15) is 29.5 Å². The van der Waals surface area contributed by atoms with Gasteiger partial charge in [0.1, 0.15) is 5.76 Å². The molecule has 1 aromatic heterocycles. The number of nitro benzene ring substituents is 1. The minimum atomic E-state index is -0.503. The van der Waals surface area contributed by atoms with Crippen molar-refractivity contribution in [3.05, 3.63) is 58.0 Å². The van der Waals surface area contributed by atoms with Crippen molar-refractivity contribution in [2.24, 2.45) is 0 Å². The van der Waals surface area contributed by atoms with Gasteiger partial charge in [-0.3, -0.25) is 14.9 Å². The average molecular weight is 331 g/mol. The van der Waals surface area contributed by atoms with Gasteiger partial charge in [0.2, 0.25) is 0 Å². The Morgan fingerprint density at radius 3 is 2.71 bits per heavy atom. The molecule has 0 saturated heterocycles. The number of benzene rings is 1. The first-order valence-electron chi connectivity index (χ1n) is 7.67. The van der Waals surface area contributed by atoms with E-state index >= 15 is 0 Å². The van der Waals surface area contributed by atoms with E-state index < -0.39 is 4.92 Å². The zero-order valence-electron chi connectivity index (χ0n) is 14.0. The van der Waals surface area contributed by atoms with E-state index in [1.807, 2.05) is 19.1 Å². The molecule has 1 amide bonds. The molecule has 1 aromatic carbocycles. The normalized spacial score (nSPS) is 11.8. The maximum Gasteiger partial charge on any atom is 0.270 e. The van der Waals surface area contributed by atoms with Gasteiger partial charge in [-0.05, 0) is 31.5 Å². The van der Waals surface area contributed by atoms with Crippen molar-refractivity contribution in [2.75, 3.05) is 19.0 Å². The molecule has 0 radical (unpaired) electrons. The molecule has 1 atom stereocenters. The highest BCUT2D eigenvalue weighted by Crippen LogP contribution is 2.24. The maximum atomic E-state index is 12.5. The number of nitro groups is 1. The average Bonchev–Trinajstić information content (AvgIpc) is 3.05. The Labute approximate surface area is 140 Å². The highest BCUT2D eigenvalue weighted by atomic mass is 16.6. The molecule has 0 fully saturated rings. The molecule has 0 aliphatic carbocycles. The van der Waals surface area contributed by atoms with Crippen LogP contribution in [0.15, 0.2) is 41.0 Å². The van der Waals surface area contributed by atoms with E-state index in [1.54, 1.807) is 31.3 Å². The number of rotatable bonds is 7. The number of amides is 1. The smallest absolute Gasteiger partial charge is 0.270 e. The van der Waals surface area contributed by atoms with Crippen LogP contribution in [0.3, 0.4) is 0 Å². The molecule has 2 aromatic rings. The van der Waals surface area contributed by atoms with Crippen LogP contribution in [0, 0.1) is 10.1 Å². The Hall–Kier alpha value is -2.83. The zero-order valence-corrected chi connectivity index (χ0v) is 14.0. The van der Waals surface area contributed by atoms with E-state index in [9.17, 15) is 14.9 Å². The van der Waals surface area contributed by atoms with Gasteiger partial charge in [0.15, 0.2) is 0 Å². The van der Waals surface area contributed by atoms with Crippen LogP contribution in [0.5, 0.6) is 0 Å². The van der Waals surface area contributed by atoms with E-state index in [0.717, 1.165) is 5.76 Å². The molecule has 1 N–H and O–H groups in total. The van der Waals surface area contributed by atoms with E-state index in [-0.39, 0.29) is 17.6 Å². The summed E-state index contributed by atoms with van der Waals surface area (Å²) in [6.45, 7) is 1.90. The third kappa shape index (κ3) is 4.34. The minimum Gasteiger partial charge on any atom is -0.469 e. The fraction of sp³-hybridized carbons (Fsp3) is 0.353. The molecule has 1 heterocycles. The van der Waals surface area contributed by atoms with Crippen LogP contribution in [0.25, 0.3) is 0 Å². The number of non-ortho nitro benzene ring substituents is 1. The van der Waals surface area contributed by atoms with Crippen LogP contribution in [0.2, 0.25) is 0 Å². The van der Waals surface area contributed by atoms with Crippen molar-refractivity contribution in [1.29, 1.82) is 0 Å². The second-order valence-electron chi connectivity index (χ2n) is 5.85. The number of hydrogen-bond acceptors (Lipinski definition) is 5. The van der Waals surface area contributed by atoms with Gasteiger partial charge in [0.25, 0.3) is 11.6 Å². The van der Waals surface area contributed by atoms with Crippen LogP contribution < -0.4 is 10.2 Å². The number of carbonyl (C=O) groups is 1. The van der Waals surface area contributed by atoms with Gasteiger partial charge in [0.05, 0.1) is 16.7 Å². The summed E-state index contributed by atoms with van der Waals surface area (Å²) in [7, 11) is 3.58. The summed E-state index contributed by atoms with van der Waals surface area (Å²) in [4.78, 5) is 24.7. The largest absolute Gasteiger partial charge is 0.469 e. The molecule has 0 spiro atoms. The minimum absolute atomic E-state index is 0.0862. The number of aryl methyl sites for hydroxylation is 1. The lowest BCUT2D eigenvalue weighted by Crippen LogP contribution is -2.33. The number of anilines is 1. The monoisotopic (exact) mass is 331 g/mol. The SMILES string of the molecule is CC(CCc1ccco1)NC(=O)c1cc([N+](=O)[O-])ccc1N(C)C. The van der Waals surface area contributed by atoms with Crippen LogP contribution in [-0.2, 0) is 6.42 Å². The van der Waals surface area contributed by atoms with Gasteiger partial charge in [0, 0.05) is 44.4 Å². The molecule has 24 heavy (non-hydrogen) atoms. The molecule has 0 aliphatic heterocycles. The molecule has 0 aliphatic rings. The fourth-order valence-corrected chi connectivity index (χ4v) is 2.40. The number of nitrogens with zero attached hydrogens (tertiary/aromatic N) is 2. The molecule has 0 saturated carbocycles. The van der Waals surface area contributed by atoms with E-state index in [2.05, 4.69) is 5.32 Å². The lowest BCUT2D eigenvalue weighted by atomic mass is 10.1. The van der Waals surface area contributed by atoms with Crippen molar-refractivity contribution in [3.8, 4) is 0 Å². The van der Waals surface area contributed by atoms with Crippen molar-refractivity contribution >= 4 is 17.3 Å². The first-order chi connectivity index (χ1) is 11.4. The number of furan rings is 1. The molecule has 1 unspecified atom stereocenters. The molecular formula is C17H21N3O4. The lowest BCUT2D eigenvalue weighted by molar-refractivity contribution is -0.384. The Balaban J connectivity index is 2.09. The number of nitrogens with one attached hydrogen (secondary N) is 1. The molecule has 7 nitrogen and oxygen atoms in total. The van der Waals surface area contributed by atoms with E-state index in [1.165, 1.54) is 12.1 Å². The predicted molar refractivity (Wildman–Crippen MR) is 91.4 cm³/mol. The zero-order chi connectivity index (χ0) is 17.7. The van der Waals surface area contributed by atoms with Crippen molar-refractivity contribution < 1.29 is 14.1 Å². The summed E-state index contributed by atoms with van der Waals surface area (Å²) in [6, 6.07) is 7.91. The topological polar surface area (TPSA) is 88.6 Å². The first-order valence-corrected chi connectivity index (χ1v) is 7.67. The van der Waals surface area contributed by atoms with Crippen molar-refractivity contribution in [3.63, 3.8) is 0 Å². The van der Waals surface area contributed by atoms with Crippen LogP contribution in [0.4, 0.5) is 11.4 Å². The van der Waals surface area contributed by atoms with Gasteiger partial charge in [-0.2, -0.15) is 0 Å². The van der Waals surface area contributed by atoms with E-state index in [4.69, 9.17) is 4.42 Å². The van der Waals surface area contributed by atoms with Gasteiger partial charge in [-0.1, -0.05) is 0 Å². The van der Waals surface area contributed by atoms with Gasteiger partial charge >= 0.3 is 0 Å². The molecule has 0 bridgehead atoms. The maximum absolute atomic E-state index is 12.5. The first kappa shape index (κ1) is 17.5. The molecular weight excluding hydrogens is 310 g/mol. The summed E-state index contributed by atoms with van der Waals surface area (Å²) >= 11 is 0. The third-order valence-electron chi connectivity index (χ3n) is 3.70. The molecule has 7 heteroatoms. The Kier molecular flexibility index (Phi) is 5.57. The summed E-state index contributed by atoms with van der Waals surface area (Å²) in [5, 5.41) is 13.9. The molecule has 2 rings (SSSR count). The predicted octanol–water partition coefficient (Wildman–Crippen LogP) is 3.00. The Bertz CT molecular complexity index is 711. The Morgan fingerprint density at radius 2 is 2.12 bits per heavy atom. The summed E-state index contributed by atoms with van der Waals surface area (Å²) in [6.07, 6.45) is 3.04.